The number of halogens is 1. The van der Waals surface area contributed by atoms with Crippen LogP contribution in [0.3, 0.4) is 0 Å². The molecule has 1 aliphatic carbocycles. The Hall–Kier alpha value is -2.75. The number of benzene rings is 2. The van der Waals surface area contributed by atoms with E-state index in [1.165, 1.54) is 12.1 Å². The van der Waals surface area contributed by atoms with Crippen LogP contribution in [0.4, 0.5) is 11.4 Å². The number of nitrogens with zero attached hydrogens (tertiary/aromatic N) is 2. The van der Waals surface area contributed by atoms with Crippen LogP contribution in [0, 0.1) is 17.0 Å². The van der Waals surface area contributed by atoms with Crippen LogP contribution in [0.1, 0.15) is 31.2 Å². The highest BCUT2D eigenvalue weighted by atomic mass is 35.5. The Kier molecular flexibility index (Phi) is 6.32. The molecule has 1 aliphatic rings. The lowest BCUT2D eigenvalue weighted by Crippen LogP contribution is -2.40. The Morgan fingerprint density at radius 1 is 1.06 bits per heavy atom. The fourth-order valence-electron chi connectivity index (χ4n) is 4.10. The first-order chi connectivity index (χ1) is 15.2. The summed E-state index contributed by atoms with van der Waals surface area (Å²) in [5.41, 5.74) is 2.03. The van der Waals surface area contributed by atoms with E-state index in [0.29, 0.717) is 23.4 Å². The summed E-state index contributed by atoms with van der Waals surface area (Å²) in [4.78, 5) is 14.8. The van der Waals surface area contributed by atoms with Crippen LogP contribution in [-0.2, 0) is 10.0 Å². The van der Waals surface area contributed by atoms with Crippen LogP contribution in [0.2, 0.25) is 5.02 Å². The zero-order chi connectivity index (χ0) is 22.9. The summed E-state index contributed by atoms with van der Waals surface area (Å²) in [5, 5.41) is 16.2. The lowest BCUT2D eigenvalue weighted by atomic mass is 9.91. The van der Waals surface area contributed by atoms with Gasteiger partial charge in [-0.05, 0) is 62.4 Å². The summed E-state index contributed by atoms with van der Waals surface area (Å²) in [6.07, 6.45) is 4.65. The number of nitro groups is 1. The Morgan fingerprint density at radius 2 is 1.78 bits per heavy atom. The third-order valence-electron chi connectivity index (χ3n) is 5.79. The number of sulfonamides is 1. The molecule has 0 radical (unpaired) electrons. The molecule has 4 rings (SSSR count). The number of fused-ring (bicyclic) bond motifs is 1. The van der Waals surface area contributed by atoms with Crippen LogP contribution in [-0.4, -0.2) is 30.4 Å². The first-order valence-electron chi connectivity index (χ1n) is 10.3. The van der Waals surface area contributed by atoms with E-state index in [9.17, 15) is 18.5 Å². The molecule has 1 aromatic heterocycles. The van der Waals surface area contributed by atoms with E-state index >= 15 is 0 Å². The van der Waals surface area contributed by atoms with Gasteiger partial charge in [0.15, 0.2) is 0 Å². The smallest absolute Gasteiger partial charge is 0.270 e. The molecule has 0 aliphatic heterocycles. The van der Waals surface area contributed by atoms with Crippen molar-refractivity contribution in [1.29, 1.82) is 0 Å². The van der Waals surface area contributed by atoms with Crippen molar-refractivity contribution in [2.45, 2.75) is 49.6 Å². The minimum absolute atomic E-state index is 0.0473. The average molecular weight is 475 g/mol. The van der Waals surface area contributed by atoms with Crippen LogP contribution < -0.4 is 10.0 Å². The third-order valence-corrected chi connectivity index (χ3v) is 7.68. The quantitative estimate of drug-likeness (QED) is 0.391. The highest BCUT2D eigenvalue weighted by Gasteiger charge is 2.28. The molecular weight excluding hydrogens is 452 g/mol. The van der Waals surface area contributed by atoms with Gasteiger partial charge in [0.2, 0.25) is 10.0 Å². The van der Waals surface area contributed by atoms with Gasteiger partial charge in [-0.3, -0.25) is 15.1 Å². The van der Waals surface area contributed by atoms with Crippen molar-refractivity contribution in [2.24, 2.45) is 0 Å². The van der Waals surface area contributed by atoms with Crippen LogP contribution in [0.5, 0.6) is 0 Å². The van der Waals surface area contributed by atoms with Crippen molar-refractivity contribution in [3.63, 3.8) is 0 Å². The van der Waals surface area contributed by atoms with Crippen LogP contribution >= 0.6 is 11.6 Å². The molecule has 0 saturated heterocycles. The molecule has 1 fully saturated rings. The summed E-state index contributed by atoms with van der Waals surface area (Å²) in [5.74, 6) is 0. The van der Waals surface area contributed by atoms with Crippen molar-refractivity contribution in [2.75, 3.05) is 5.32 Å². The largest absolute Gasteiger partial charge is 0.382 e. The van der Waals surface area contributed by atoms with Crippen LogP contribution in [0.15, 0.2) is 53.6 Å². The normalized spacial score (nSPS) is 19.1. The molecule has 0 unspecified atom stereocenters. The molecule has 0 bridgehead atoms. The van der Waals surface area contributed by atoms with Gasteiger partial charge >= 0.3 is 0 Å². The molecule has 0 spiro atoms. The minimum Gasteiger partial charge on any atom is -0.382 e. The summed E-state index contributed by atoms with van der Waals surface area (Å²) in [7, 11) is -3.85. The van der Waals surface area contributed by atoms with Crippen molar-refractivity contribution in [3.8, 4) is 0 Å². The highest BCUT2D eigenvalue weighted by Crippen LogP contribution is 2.29. The van der Waals surface area contributed by atoms with E-state index in [0.717, 1.165) is 35.5 Å². The SMILES string of the molecule is Cc1ccc([N+](=O)[O-])cc1S(=O)(=O)NC1CCC(Nc2ccnc3cc(Cl)ccc23)CC1. The van der Waals surface area contributed by atoms with Gasteiger partial charge in [0, 0.05) is 46.5 Å². The number of nitro benzene ring substituents is 1. The van der Waals surface area contributed by atoms with Crippen LogP contribution in [0.25, 0.3) is 10.9 Å². The maximum absolute atomic E-state index is 12.9. The van der Waals surface area contributed by atoms with Gasteiger partial charge in [-0.1, -0.05) is 17.7 Å². The number of anilines is 1. The summed E-state index contributed by atoms with van der Waals surface area (Å²) < 4.78 is 28.5. The fraction of sp³-hybridized carbons (Fsp3) is 0.318. The first kappa shape index (κ1) is 22.4. The lowest BCUT2D eigenvalue weighted by Gasteiger charge is -2.30. The Labute approximate surface area is 191 Å². The number of aryl methyl sites for hydroxylation is 1. The van der Waals surface area contributed by atoms with Gasteiger partial charge in [0.25, 0.3) is 5.69 Å². The molecule has 8 nitrogen and oxygen atoms in total. The molecule has 10 heteroatoms. The fourth-order valence-corrected chi connectivity index (χ4v) is 5.83. The predicted molar refractivity (Wildman–Crippen MR) is 125 cm³/mol. The summed E-state index contributed by atoms with van der Waals surface area (Å²) in [6.45, 7) is 1.63. The zero-order valence-electron chi connectivity index (χ0n) is 17.4. The molecule has 32 heavy (non-hydrogen) atoms. The molecule has 0 atom stereocenters. The molecule has 2 aromatic carbocycles. The number of nitrogens with one attached hydrogen (secondary N) is 2. The molecule has 2 N–H and O–H groups in total. The summed E-state index contributed by atoms with van der Waals surface area (Å²) >= 11 is 6.06. The van der Waals surface area contributed by atoms with Crippen molar-refractivity contribution in [3.05, 3.63) is 69.4 Å². The molecule has 1 heterocycles. The van der Waals surface area contributed by atoms with E-state index in [1.807, 2.05) is 24.3 Å². The standard InChI is InChI=1S/C22H23ClN4O4S/c1-14-2-8-18(27(28)29)13-22(14)32(30,31)26-17-6-4-16(5-7-17)25-20-10-11-24-21-12-15(23)3-9-19(20)21/h2-3,8-13,16-17,26H,4-7H2,1H3,(H,24,25). The van der Waals surface area contributed by atoms with Gasteiger partial charge in [-0.15, -0.1) is 0 Å². The van der Waals surface area contributed by atoms with E-state index < -0.39 is 14.9 Å². The van der Waals surface area contributed by atoms with E-state index in [4.69, 9.17) is 11.6 Å². The number of aromatic nitrogens is 1. The second-order valence-electron chi connectivity index (χ2n) is 8.04. The van der Waals surface area contributed by atoms with Crippen molar-refractivity contribution in [1.82, 2.24) is 9.71 Å². The van der Waals surface area contributed by atoms with Gasteiger partial charge in [-0.2, -0.15) is 0 Å². The highest BCUT2D eigenvalue weighted by molar-refractivity contribution is 7.89. The number of pyridine rings is 1. The number of hydrogen-bond donors (Lipinski definition) is 2. The van der Waals surface area contributed by atoms with Gasteiger partial charge in [-0.25, -0.2) is 13.1 Å². The number of hydrogen-bond acceptors (Lipinski definition) is 6. The molecule has 0 amide bonds. The average Bonchev–Trinajstić information content (AvgIpc) is 2.75. The Morgan fingerprint density at radius 3 is 2.50 bits per heavy atom. The monoisotopic (exact) mass is 474 g/mol. The van der Waals surface area contributed by atoms with E-state index in [2.05, 4.69) is 15.0 Å². The van der Waals surface area contributed by atoms with E-state index in [1.54, 1.807) is 13.1 Å². The van der Waals surface area contributed by atoms with Crippen molar-refractivity contribution >= 4 is 43.9 Å². The number of rotatable bonds is 6. The Balaban J connectivity index is 1.41. The molecule has 1 saturated carbocycles. The van der Waals surface area contributed by atoms with Gasteiger partial charge < -0.3 is 5.32 Å². The second kappa shape index (κ2) is 9.01. The zero-order valence-corrected chi connectivity index (χ0v) is 19.0. The second-order valence-corrected chi connectivity index (χ2v) is 10.2. The first-order valence-corrected chi connectivity index (χ1v) is 12.2. The van der Waals surface area contributed by atoms with Gasteiger partial charge in [0.05, 0.1) is 15.3 Å². The summed E-state index contributed by atoms with van der Waals surface area (Å²) in [6, 6.07) is 11.4. The minimum atomic E-state index is -3.85. The molecule has 168 valence electrons. The van der Waals surface area contributed by atoms with Crippen molar-refractivity contribution < 1.29 is 13.3 Å². The molecular formula is C22H23ClN4O4S. The lowest BCUT2D eigenvalue weighted by molar-refractivity contribution is -0.385. The number of non-ortho nitro benzene ring substituents is 1. The maximum atomic E-state index is 12.9. The topological polar surface area (TPSA) is 114 Å². The van der Waals surface area contributed by atoms with Gasteiger partial charge in [0.1, 0.15) is 0 Å². The maximum Gasteiger partial charge on any atom is 0.270 e. The van der Waals surface area contributed by atoms with E-state index in [-0.39, 0.29) is 22.7 Å². The Bertz CT molecular complexity index is 1270. The predicted octanol–water partition coefficient (Wildman–Crippen LogP) is 4.81. The molecule has 3 aromatic rings. The third kappa shape index (κ3) is 4.85.